The summed E-state index contributed by atoms with van der Waals surface area (Å²) in [6, 6.07) is 4.51. The predicted octanol–water partition coefficient (Wildman–Crippen LogP) is 2.11. The van der Waals surface area contributed by atoms with Crippen molar-refractivity contribution in [3.63, 3.8) is 0 Å². The Kier molecular flexibility index (Phi) is 9.28. The van der Waals surface area contributed by atoms with E-state index in [1.54, 1.807) is 0 Å². The Bertz CT molecular complexity index is 714. The average molecular weight is 424 g/mol. The van der Waals surface area contributed by atoms with Crippen molar-refractivity contribution in [2.24, 2.45) is 0 Å². The number of rotatable bonds is 13. The lowest BCUT2D eigenvalue weighted by molar-refractivity contribution is -0.385. The molecule has 1 aromatic carbocycles. The summed E-state index contributed by atoms with van der Waals surface area (Å²) in [5.74, 6) is 0.142. The number of hydrogen-bond acceptors (Lipinski definition) is 9. The third-order valence-corrected chi connectivity index (χ3v) is 8.04. The first-order valence-corrected chi connectivity index (χ1v) is 11.6. The van der Waals surface area contributed by atoms with E-state index >= 15 is 0 Å². The van der Waals surface area contributed by atoms with Gasteiger partial charge in [-0.05, 0) is 25.0 Å². The molecule has 0 heterocycles. The van der Waals surface area contributed by atoms with Crippen LogP contribution in [0.1, 0.15) is 18.4 Å². The maximum atomic E-state index is 12.1. The molecule has 0 aromatic heterocycles. The van der Waals surface area contributed by atoms with Crippen molar-refractivity contribution >= 4 is 24.6 Å². The van der Waals surface area contributed by atoms with Crippen molar-refractivity contribution in [2.75, 3.05) is 34.2 Å². The van der Waals surface area contributed by atoms with Gasteiger partial charge in [0.25, 0.3) is 15.8 Å². The SMILES string of the molecule is COc1ccc([N+](=O)[O-])c(COS(=O)(=O)CCCC[Si](OC)(OC)OC)c1. The molecule has 0 saturated heterocycles. The smallest absolute Gasteiger partial charge is 0.497 e. The quantitative estimate of drug-likeness (QED) is 0.154. The van der Waals surface area contributed by atoms with Gasteiger partial charge in [0, 0.05) is 33.4 Å². The minimum atomic E-state index is -3.85. The van der Waals surface area contributed by atoms with E-state index in [1.165, 1.54) is 46.6 Å². The normalized spacial score (nSPS) is 12.1. The number of nitro groups is 1. The fourth-order valence-corrected chi connectivity index (χ4v) is 5.15. The lowest BCUT2D eigenvalue weighted by Crippen LogP contribution is -2.42. The molecule has 0 fully saturated rings. The van der Waals surface area contributed by atoms with Gasteiger partial charge in [0.05, 0.1) is 30.0 Å². The molecule has 0 spiro atoms. The van der Waals surface area contributed by atoms with Gasteiger partial charge in [0.1, 0.15) is 5.75 Å². The van der Waals surface area contributed by atoms with E-state index in [9.17, 15) is 18.5 Å². The summed E-state index contributed by atoms with van der Waals surface area (Å²) in [6.45, 7) is -0.442. The number of unbranched alkanes of at least 4 members (excludes halogenated alkanes) is 1. The zero-order valence-corrected chi connectivity index (χ0v) is 17.6. The fourth-order valence-electron chi connectivity index (χ4n) is 2.37. The first-order chi connectivity index (χ1) is 12.7. The number of nitro benzene ring substituents is 1. The molecule has 0 amide bonds. The lowest BCUT2D eigenvalue weighted by atomic mass is 10.2. The van der Waals surface area contributed by atoms with Gasteiger partial charge >= 0.3 is 8.80 Å². The maximum Gasteiger partial charge on any atom is 0.500 e. The molecule has 1 rings (SSSR count). The zero-order chi connectivity index (χ0) is 20.5. The van der Waals surface area contributed by atoms with E-state index < -0.39 is 30.5 Å². The highest BCUT2D eigenvalue weighted by Crippen LogP contribution is 2.25. The van der Waals surface area contributed by atoms with E-state index in [1.807, 2.05) is 0 Å². The summed E-state index contributed by atoms with van der Waals surface area (Å²) in [6.07, 6.45) is 0.816. The molecule has 0 aliphatic rings. The van der Waals surface area contributed by atoms with Crippen LogP contribution in [0.4, 0.5) is 5.69 Å². The second kappa shape index (κ2) is 10.7. The number of ether oxygens (including phenoxy) is 1. The highest BCUT2D eigenvalue weighted by molar-refractivity contribution is 7.86. The molecule has 0 unspecified atom stereocenters. The van der Waals surface area contributed by atoms with E-state index in [0.717, 1.165) is 0 Å². The van der Waals surface area contributed by atoms with Crippen LogP contribution < -0.4 is 4.74 Å². The highest BCUT2D eigenvalue weighted by Gasteiger charge is 2.36. The Morgan fingerprint density at radius 1 is 1.07 bits per heavy atom. The zero-order valence-electron chi connectivity index (χ0n) is 15.8. The second-order valence-corrected chi connectivity index (χ2v) is 10.4. The summed E-state index contributed by atoms with van der Waals surface area (Å²) < 4.78 is 49.9. The van der Waals surface area contributed by atoms with E-state index in [4.69, 9.17) is 22.2 Å². The van der Waals surface area contributed by atoms with Crippen LogP contribution in [0.15, 0.2) is 18.2 Å². The average Bonchev–Trinajstić information content (AvgIpc) is 2.66. The molecule has 154 valence electrons. The van der Waals surface area contributed by atoms with Crippen LogP contribution >= 0.6 is 0 Å². The van der Waals surface area contributed by atoms with Crippen molar-refractivity contribution in [2.45, 2.75) is 25.5 Å². The molecular weight excluding hydrogens is 398 g/mol. The predicted molar refractivity (Wildman–Crippen MR) is 99.0 cm³/mol. The number of benzene rings is 1. The van der Waals surface area contributed by atoms with E-state index in [-0.39, 0.29) is 17.0 Å². The van der Waals surface area contributed by atoms with Crippen LogP contribution in [0.5, 0.6) is 5.75 Å². The minimum Gasteiger partial charge on any atom is -0.497 e. The van der Waals surface area contributed by atoms with Crippen LogP contribution in [-0.4, -0.2) is 56.3 Å². The molecular formula is C15H25NO9SSi. The van der Waals surface area contributed by atoms with Crippen molar-refractivity contribution in [3.8, 4) is 5.75 Å². The summed E-state index contributed by atoms with van der Waals surface area (Å²) in [5.41, 5.74) is -0.116. The third-order valence-electron chi connectivity index (χ3n) is 3.94. The Morgan fingerprint density at radius 2 is 1.70 bits per heavy atom. The van der Waals surface area contributed by atoms with Crippen LogP contribution in [0.2, 0.25) is 6.04 Å². The Balaban J connectivity index is 2.63. The number of nitrogens with zero attached hydrogens (tertiary/aromatic N) is 1. The van der Waals surface area contributed by atoms with Crippen LogP contribution in [0, 0.1) is 10.1 Å². The Labute approximate surface area is 160 Å². The molecule has 0 atom stereocenters. The molecule has 0 aliphatic carbocycles. The molecule has 0 N–H and O–H groups in total. The number of methoxy groups -OCH3 is 1. The van der Waals surface area contributed by atoms with Gasteiger partial charge in [-0.3, -0.25) is 14.3 Å². The number of hydrogen-bond donors (Lipinski definition) is 0. The van der Waals surface area contributed by atoms with Crippen LogP contribution in [0.3, 0.4) is 0 Å². The minimum absolute atomic E-state index is 0.118. The molecule has 1 aromatic rings. The molecule has 0 bridgehead atoms. The molecule has 10 nitrogen and oxygen atoms in total. The summed E-state index contributed by atoms with van der Waals surface area (Å²) in [7, 11) is -0.723. The molecule has 27 heavy (non-hydrogen) atoms. The van der Waals surface area contributed by atoms with Crippen molar-refractivity contribution in [1.82, 2.24) is 0 Å². The lowest BCUT2D eigenvalue weighted by Gasteiger charge is -2.24. The molecule has 0 saturated carbocycles. The van der Waals surface area contributed by atoms with Gasteiger partial charge in [-0.2, -0.15) is 8.42 Å². The Morgan fingerprint density at radius 3 is 2.22 bits per heavy atom. The van der Waals surface area contributed by atoms with Gasteiger partial charge in [-0.1, -0.05) is 0 Å². The van der Waals surface area contributed by atoms with Crippen LogP contribution in [0.25, 0.3) is 0 Å². The van der Waals surface area contributed by atoms with Gasteiger partial charge in [-0.15, -0.1) is 0 Å². The molecule has 0 radical (unpaired) electrons. The molecule has 12 heteroatoms. The summed E-state index contributed by atoms with van der Waals surface area (Å²) >= 11 is 0. The maximum absolute atomic E-state index is 12.1. The summed E-state index contributed by atoms with van der Waals surface area (Å²) in [4.78, 5) is 10.5. The van der Waals surface area contributed by atoms with E-state index in [2.05, 4.69) is 0 Å². The first-order valence-electron chi connectivity index (χ1n) is 8.06. The van der Waals surface area contributed by atoms with E-state index in [0.29, 0.717) is 24.6 Å². The third kappa shape index (κ3) is 7.16. The van der Waals surface area contributed by atoms with Crippen molar-refractivity contribution < 1.29 is 35.5 Å². The van der Waals surface area contributed by atoms with Gasteiger partial charge in [-0.25, -0.2) is 0 Å². The highest BCUT2D eigenvalue weighted by atomic mass is 32.2. The topological polar surface area (TPSA) is 123 Å². The first kappa shape index (κ1) is 23.5. The standard InChI is InChI=1S/C15H25NO9SSi/c1-21-14-7-8-15(16(17)18)13(11-14)12-25-26(19,20)9-5-6-10-27(22-2,23-3)24-4/h7-8,11H,5-6,9-10,12H2,1-4H3. The van der Waals surface area contributed by atoms with Crippen molar-refractivity contribution in [3.05, 3.63) is 33.9 Å². The second-order valence-electron chi connectivity index (χ2n) is 5.53. The monoisotopic (exact) mass is 423 g/mol. The van der Waals surface area contributed by atoms with Gasteiger partial charge in [0.15, 0.2) is 0 Å². The molecule has 0 aliphatic heterocycles. The van der Waals surface area contributed by atoms with Gasteiger partial charge < -0.3 is 18.0 Å². The summed E-state index contributed by atoms with van der Waals surface area (Å²) in [5, 5.41) is 11.1. The Hall–Kier alpha value is -1.57. The fraction of sp³-hybridized carbons (Fsp3) is 0.600. The largest absolute Gasteiger partial charge is 0.500 e. The van der Waals surface area contributed by atoms with Crippen molar-refractivity contribution in [1.29, 1.82) is 0 Å². The van der Waals surface area contributed by atoms with Gasteiger partial charge in [0.2, 0.25) is 0 Å². The van der Waals surface area contributed by atoms with Crippen LogP contribution in [-0.2, 0) is 34.2 Å².